The Hall–Kier alpha value is -1.12. The van der Waals surface area contributed by atoms with Crippen LogP contribution in [0.25, 0.3) is 0 Å². The summed E-state index contributed by atoms with van der Waals surface area (Å²) in [6.45, 7) is 0. The Balaban J connectivity index is 0. The minimum Gasteiger partial charge on any atom is -1.00 e. The van der Waals surface area contributed by atoms with Crippen molar-refractivity contribution in [1.82, 2.24) is 0 Å². The standard InChI is InChI=1S/C12H19O4P.ClH/c13-5-1-9-17(10-2-6-14,11-3-7-15)12-4-8-16;/h1-8H,9-12H2,(H3-,13,14,15,16);1H. The van der Waals surface area contributed by atoms with E-state index >= 15 is 0 Å². The molecule has 0 saturated heterocycles. The first-order chi connectivity index (χ1) is 8.24. The highest BCUT2D eigenvalue weighted by Gasteiger charge is 2.32. The lowest BCUT2D eigenvalue weighted by molar-refractivity contribution is -0.00000702. The van der Waals surface area contributed by atoms with Gasteiger partial charge in [0.05, 0.1) is 49.7 Å². The highest BCUT2D eigenvalue weighted by atomic mass is 35.5. The van der Waals surface area contributed by atoms with Crippen molar-refractivity contribution < 1.29 is 32.8 Å². The van der Waals surface area contributed by atoms with E-state index in [-0.39, 0.29) is 12.4 Å². The molecule has 0 radical (unpaired) electrons. The normalized spacial score (nSPS) is 15.6. The largest absolute Gasteiger partial charge is 1.00 e. The Morgan fingerprint density at radius 1 is 0.556 bits per heavy atom. The quantitative estimate of drug-likeness (QED) is 0.383. The summed E-state index contributed by atoms with van der Waals surface area (Å²) in [5.41, 5.74) is 0. The molecule has 0 rings (SSSR count). The summed E-state index contributed by atoms with van der Waals surface area (Å²) < 4.78 is 0. The van der Waals surface area contributed by atoms with Crippen molar-refractivity contribution in [3.8, 4) is 0 Å². The van der Waals surface area contributed by atoms with E-state index in [4.69, 9.17) is 20.4 Å². The Kier molecular flexibility index (Phi) is 13.2. The van der Waals surface area contributed by atoms with Crippen LogP contribution in [0.3, 0.4) is 0 Å². The smallest absolute Gasteiger partial charge is 0.0815 e. The van der Waals surface area contributed by atoms with E-state index in [9.17, 15) is 0 Å². The SMILES string of the molecule is OC=CC[P+](CC=CO)(CC=CO)CC=CO.[Cl-]. The van der Waals surface area contributed by atoms with Crippen molar-refractivity contribution >= 4 is 7.26 Å². The lowest BCUT2D eigenvalue weighted by atomic mass is 10.7. The molecule has 0 aromatic heterocycles. The van der Waals surface area contributed by atoms with Crippen LogP contribution in [0.2, 0.25) is 0 Å². The van der Waals surface area contributed by atoms with Gasteiger partial charge in [0.25, 0.3) is 0 Å². The van der Waals surface area contributed by atoms with E-state index in [1.54, 1.807) is 24.3 Å². The third-order valence-electron chi connectivity index (χ3n) is 2.39. The van der Waals surface area contributed by atoms with Gasteiger partial charge in [-0.2, -0.15) is 0 Å². The lowest BCUT2D eigenvalue weighted by Crippen LogP contribution is -3.00. The van der Waals surface area contributed by atoms with Gasteiger partial charge in [0, 0.05) is 7.26 Å². The maximum atomic E-state index is 8.74. The molecule has 0 aliphatic heterocycles. The van der Waals surface area contributed by atoms with Crippen molar-refractivity contribution in [2.24, 2.45) is 0 Å². The summed E-state index contributed by atoms with van der Waals surface area (Å²) in [5, 5.41) is 35.0. The van der Waals surface area contributed by atoms with Crippen molar-refractivity contribution in [1.29, 1.82) is 0 Å². The molecule has 0 amide bonds. The number of allylic oxidation sites excluding steroid dienone is 4. The number of rotatable bonds is 8. The molecule has 0 unspecified atom stereocenters. The van der Waals surface area contributed by atoms with Crippen molar-refractivity contribution in [2.45, 2.75) is 0 Å². The van der Waals surface area contributed by atoms with E-state index in [0.29, 0.717) is 24.6 Å². The third-order valence-corrected chi connectivity index (χ3v) is 6.33. The molecule has 0 spiro atoms. The fraction of sp³-hybridized carbons (Fsp3) is 0.333. The molecule has 18 heavy (non-hydrogen) atoms. The molecule has 6 heteroatoms. The maximum Gasteiger partial charge on any atom is 0.0815 e. The van der Waals surface area contributed by atoms with Gasteiger partial charge < -0.3 is 32.8 Å². The second-order valence-electron chi connectivity index (χ2n) is 3.61. The number of aliphatic hydroxyl groups is 4. The van der Waals surface area contributed by atoms with Crippen molar-refractivity contribution in [2.75, 3.05) is 24.6 Å². The summed E-state index contributed by atoms with van der Waals surface area (Å²) in [7, 11) is -1.55. The molecule has 0 heterocycles. The van der Waals surface area contributed by atoms with Gasteiger partial charge in [-0.1, -0.05) is 0 Å². The first-order valence-corrected chi connectivity index (χ1v) is 7.79. The second-order valence-corrected chi connectivity index (χ2v) is 7.75. The van der Waals surface area contributed by atoms with E-state index in [1.807, 2.05) is 0 Å². The predicted octanol–water partition coefficient (Wildman–Crippen LogP) is 0.295. The zero-order valence-corrected chi connectivity index (χ0v) is 11.7. The molecule has 4 N–H and O–H groups in total. The Bertz CT molecular complexity index is 239. The summed E-state index contributed by atoms with van der Waals surface area (Å²) in [4.78, 5) is 0. The van der Waals surface area contributed by atoms with Crippen LogP contribution in [0, 0.1) is 0 Å². The molecule has 0 saturated carbocycles. The van der Waals surface area contributed by atoms with E-state index in [0.717, 1.165) is 25.0 Å². The Morgan fingerprint density at radius 3 is 0.944 bits per heavy atom. The molecule has 104 valence electrons. The van der Waals surface area contributed by atoms with Crippen LogP contribution in [0.5, 0.6) is 0 Å². The summed E-state index contributed by atoms with van der Waals surface area (Å²) in [5.74, 6) is 0. The van der Waals surface area contributed by atoms with Gasteiger partial charge in [0.2, 0.25) is 0 Å². The molecule has 0 aromatic carbocycles. The fourth-order valence-corrected chi connectivity index (χ4v) is 4.59. The van der Waals surface area contributed by atoms with Gasteiger partial charge in [0.1, 0.15) is 0 Å². The summed E-state index contributed by atoms with van der Waals surface area (Å²) >= 11 is 0. The molecule has 0 bridgehead atoms. The number of hydrogen-bond donors (Lipinski definition) is 4. The monoisotopic (exact) mass is 294 g/mol. The van der Waals surface area contributed by atoms with Crippen LogP contribution in [-0.2, 0) is 0 Å². The van der Waals surface area contributed by atoms with Crippen LogP contribution >= 0.6 is 7.26 Å². The highest BCUT2D eigenvalue weighted by molar-refractivity contribution is 7.76. The van der Waals surface area contributed by atoms with Crippen molar-refractivity contribution in [3.05, 3.63) is 49.4 Å². The van der Waals surface area contributed by atoms with Gasteiger partial charge in [-0.25, -0.2) is 0 Å². The van der Waals surface area contributed by atoms with E-state index in [2.05, 4.69) is 0 Å². The summed E-state index contributed by atoms with van der Waals surface area (Å²) in [6, 6.07) is 0. The van der Waals surface area contributed by atoms with Crippen LogP contribution < -0.4 is 12.4 Å². The molecule has 0 aliphatic rings. The van der Waals surface area contributed by atoms with Gasteiger partial charge in [0.15, 0.2) is 0 Å². The number of halogens is 1. The second kappa shape index (κ2) is 12.3. The van der Waals surface area contributed by atoms with Crippen LogP contribution in [-0.4, -0.2) is 45.1 Å². The predicted molar refractivity (Wildman–Crippen MR) is 73.5 cm³/mol. The maximum absolute atomic E-state index is 8.74. The molecule has 4 nitrogen and oxygen atoms in total. The average Bonchev–Trinajstić information content (AvgIpc) is 2.37. The van der Waals surface area contributed by atoms with Crippen LogP contribution in [0.15, 0.2) is 49.4 Å². The highest BCUT2D eigenvalue weighted by Crippen LogP contribution is 2.59. The van der Waals surface area contributed by atoms with Crippen LogP contribution in [0.1, 0.15) is 0 Å². The van der Waals surface area contributed by atoms with Gasteiger partial charge >= 0.3 is 0 Å². The molecular formula is C12H20ClO4P. The molecule has 0 fully saturated rings. The average molecular weight is 295 g/mol. The minimum absolute atomic E-state index is 0. The van der Waals surface area contributed by atoms with Gasteiger partial charge in [-0.05, 0) is 24.3 Å². The van der Waals surface area contributed by atoms with Gasteiger partial charge in [-0.3, -0.25) is 0 Å². The number of aliphatic hydroxyl groups excluding tert-OH is 4. The fourth-order valence-electron chi connectivity index (χ4n) is 1.53. The lowest BCUT2D eigenvalue weighted by Gasteiger charge is -2.22. The van der Waals surface area contributed by atoms with Crippen LogP contribution in [0.4, 0.5) is 0 Å². The molecule has 0 atom stereocenters. The minimum atomic E-state index is -1.55. The first kappa shape index (κ1) is 19.2. The first-order valence-electron chi connectivity index (χ1n) is 5.26. The van der Waals surface area contributed by atoms with E-state index < -0.39 is 7.26 Å². The molecular weight excluding hydrogens is 275 g/mol. The topological polar surface area (TPSA) is 80.9 Å². The Morgan fingerprint density at radius 2 is 0.778 bits per heavy atom. The number of hydrogen-bond acceptors (Lipinski definition) is 4. The van der Waals surface area contributed by atoms with Gasteiger partial charge in [-0.15, -0.1) is 0 Å². The Labute approximate surface area is 114 Å². The third kappa shape index (κ3) is 8.04. The zero-order chi connectivity index (χ0) is 13.0. The van der Waals surface area contributed by atoms with E-state index in [1.165, 1.54) is 0 Å². The molecule has 0 aromatic rings. The van der Waals surface area contributed by atoms with Crippen molar-refractivity contribution in [3.63, 3.8) is 0 Å². The molecule has 0 aliphatic carbocycles. The zero-order valence-electron chi connectivity index (χ0n) is 10.1. The summed E-state index contributed by atoms with van der Waals surface area (Å²) in [6.07, 6.45) is 13.4.